The van der Waals surface area contributed by atoms with E-state index >= 15 is 0 Å². The van der Waals surface area contributed by atoms with E-state index in [2.05, 4.69) is 20.8 Å². The topological polar surface area (TPSA) is 81.4 Å². The largest absolute Gasteiger partial charge is 0.491 e. The molecule has 1 heterocycles. The molecule has 0 unspecified atom stereocenters. The van der Waals surface area contributed by atoms with Gasteiger partial charge in [-0.05, 0) is 55.8 Å². The summed E-state index contributed by atoms with van der Waals surface area (Å²) in [6.45, 7) is 4.56. The lowest BCUT2D eigenvalue weighted by atomic mass is 10.2. The van der Waals surface area contributed by atoms with Crippen LogP contribution in [0, 0.1) is 0 Å². The second-order valence-corrected chi connectivity index (χ2v) is 6.60. The van der Waals surface area contributed by atoms with Gasteiger partial charge in [-0.25, -0.2) is 10.1 Å². The molecule has 1 aromatic heterocycles. The van der Waals surface area contributed by atoms with Crippen LogP contribution in [0.3, 0.4) is 0 Å². The molecule has 1 N–H and O–H groups in total. The molecule has 3 aromatic rings. The Kier molecular flexibility index (Phi) is 6.89. The fourth-order valence-corrected chi connectivity index (χ4v) is 2.54. The molecule has 0 aliphatic heterocycles. The normalized spacial score (nSPS) is 11.4. The molecule has 3 rings (SSSR count). The predicted octanol–water partition coefficient (Wildman–Crippen LogP) is 3.54. The highest BCUT2D eigenvalue weighted by atomic mass is 16.5. The molecule has 0 saturated carbocycles. The molecule has 1 amide bonds. The van der Waals surface area contributed by atoms with Gasteiger partial charge in [-0.3, -0.25) is 4.79 Å². The predicted molar refractivity (Wildman–Crippen MR) is 113 cm³/mol. The van der Waals surface area contributed by atoms with Gasteiger partial charge in [0, 0.05) is 11.8 Å². The number of nitrogens with one attached hydrogen (secondary N) is 1. The summed E-state index contributed by atoms with van der Waals surface area (Å²) in [6, 6.07) is 17.0. The highest BCUT2D eigenvalue weighted by Gasteiger charge is 2.04. The molecule has 2 aromatic carbocycles. The van der Waals surface area contributed by atoms with Gasteiger partial charge < -0.3 is 4.74 Å². The van der Waals surface area contributed by atoms with E-state index in [4.69, 9.17) is 4.74 Å². The van der Waals surface area contributed by atoms with E-state index in [0.717, 1.165) is 11.3 Å². The molecule has 0 spiro atoms. The number of carbonyl (C=O) groups is 1. The fraction of sp³-hybridized carbons (Fsp3) is 0.182. The first-order chi connectivity index (χ1) is 14.1. The number of carbonyl (C=O) groups excluding carboxylic acids is 1. The first kappa shape index (κ1) is 20.0. The number of rotatable bonds is 8. The van der Waals surface area contributed by atoms with Crippen molar-refractivity contribution in [3.63, 3.8) is 0 Å². The molecule has 7 nitrogen and oxygen atoms in total. The van der Waals surface area contributed by atoms with Gasteiger partial charge in [0.2, 0.25) is 0 Å². The number of ether oxygens (including phenoxy) is 1. The van der Waals surface area contributed by atoms with Gasteiger partial charge in [0.05, 0.1) is 18.8 Å². The molecule has 0 saturated heterocycles. The average Bonchev–Trinajstić information content (AvgIpc) is 3.15. The Balaban J connectivity index is 1.47. The Morgan fingerprint density at radius 1 is 1.17 bits per heavy atom. The smallest absolute Gasteiger partial charge is 0.271 e. The van der Waals surface area contributed by atoms with Crippen molar-refractivity contribution in [2.45, 2.75) is 26.5 Å². The summed E-state index contributed by atoms with van der Waals surface area (Å²) in [6.07, 6.45) is 6.88. The van der Waals surface area contributed by atoms with Crippen LogP contribution in [-0.4, -0.2) is 33.2 Å². The first-order valence-corrected chi connectivity index (χ1v) is 9.31. The Hall–Kier alpha value is -3.74. The minimum atomic E-state index is -0.292. The maximum absolute atomic E-state index is 12.1. The average molecular weight is 389 g/mol. The summed E-state index contributed by atoms with van der Waals surface area (Å²) in [7, 11) is 0. The van der Waals surface area contributed by atoms with Crippen LogP contribution in [-0.2, 0) is 6.54 Å². The van der Waals surface area contributed by atoms with Crippen LogP contribution in [0.5, 0.6) is 5.75 Å². The van der Waals surface area contributed by atoms with E-state index < -0.39 is 0 Å². The highest BCUT2D eigenvalue weighted by Crippen LogP contribution is 2.13. The minimum Gasteiger partial charge on any atom is -0.491 e. The maximum atomic E-state index is 12.1. The quantitative estimate of drug-likeness (QED) is 0.472. The third kappa shape index (κ3) is 6.42. The van der Waals surface area contributed by atoms with Crippen molar-refractivity contribution in [1.82, 2.24) is 20.4 Å². The van der Waals surface area contributed by atoms with Crippen molar-refractivity contribution < 1.29 is 9.53 Å². The Labute approximate surface area is 169 Å². The third-order valence-corrected chi connectivity index (χ3v) is 3.83. The molecule has 0 aliphatic carbocycles. The van der Waals surface area contributed by atoms with Crippen LogP contribution in [0.1, 0.15) is 35.5 Å². The molecule has 0 radical (unpaired) electrons. The van der Waals surface area contributed by atoms with E-state index in [1.165, 1.54) is 6.21 Å². The first-order valence-electron chi connectivity index (χ1n) is 9.31. The second-order valence-electron chi connectivity index (χ2n) is 6.60. The van der Waals surface area contributed by atoms with Crippen molar-refractivity contribution in [3.05, 3.63) is 83.7 Å². The number of hydrazone groups is 1. The third-order valence-electron chi connectivity index (χ3n) is 3.83. The number of aromatic nitrogens is 3. The molecular weight excluding hydrogens is 366 g/mol. The monoisotopic (exact) mass is 389 g/mol. The van der Waals surface area contributed by atoms with Crippen molar-refractivity contribution in [1.29, 1.82) is 0 Å². The van der Waals surface area contributed by atoms with Gasteiger partial charge in [0.15, 0.2) is 0 Å². The fourth-order valence-electron chi connectivity index (χ4n) is 2.54. The molecule has 0 fully saturated rings. The summed E-state index contributed by atoms with van der Waals surface area (Å²) in [5.74, 6) is 0.433. The standard InChI is InChI=1S/C22H23N5O2/c1-17(2)29-21-12-10-19(11-13-21)22(28)25-23-14-6-9-20-16-27(26-24-20)15-18-7-4-3-5-8-18/h3-14,16-17H,15H2,1-2H3,(H,25,28)/b9-6+,23-14-. The molecule has 0 aliphatic rings. The Morgan fingerprint density at radius 2 is 1.93 bits per heavy atom. The van der Waals surface area contributed by atoms with Gasteiger partial charge in [-0.15, -0.1) is 5.10 Å². The van der Waals surface area contributed by atoms with Crippen LogP contribution in [0.4, 0.5) is 0 Å². The van der Waals surface area contributed by atoms with Crippen molar-refractivity contribution in [2.24, 2.45) is 5.10 Å². The molecule has 148 valence electrons. The van der Waals surface area contributed by atoms with Crippen LogP contribution in [0.25, 0.3) is 6.08 Å². The van der Waals surface area contributed by atoms with E-state index in [1.54, 1.807) is 41.1 Å². The van der Waals surface area contributed by atoms with Gasteiger partial charge in [-0.2, -0.15) is 5.10 Å². The van der Waals surface area contributed by atoms with E-state index in [0.29, 0.717) is 17.8 Å². The molecule has 0 atom stereocenters. The zero-order valence-electron chi connectivity index (χ0n) is 16.4. The molecular formula is C22H23N5O2. The summed E-state index contributed by atoms with van der Waals surface area (Å²) in [4.78, 5) is 12.1. The Bertz CT molecular complexity index is 976. The van der Waals surface area contributed by atoms with Crippen molar-refractivity contribution in [3.8, 4) is 5.75 Å². The van der Waals surface area contributed by atoms with Crippen LogP contribution < -0.4 is 10.2 Å². The summed E-state index contributed by atoms with van der Waals surface area (Å²) >= 11 is 0. The van der Waals surface area contributed by atoms with Crippen molar-refractivity contribution >= 4 is 18.2 Å². The van der Waals surface area contributed by atoms with Crippen molar-refractivity contribution in [2.75, 3.05) is 0 Å². The molecule has 7 heteroatoms. The SMILES string of the molecule is CC(C)Oc1ccc(C(=O)N/N=C\C=C\c2cn(Cc3ccccc3)nn2)cc1. The number of allylic oxidation sites excluding steroid dienone is 1. The number of hydrogen-bond donors (Lipinski definition) is 1. The second kappa shape index (κ2) is 9.98. The summed E-state index contributed by atoms with van der Waals surface area (Å²) in [5, 5.41) is 12.1. The molecule has 29 heavy (non-hydrogen) atoms. The molecule has 0 bridgehead atoms. The summed E-state index contributed by atoms with van der Waals surface area (Å²) in [5.41, 5.74) is 4.85. The van der Waals surface area contributed by atoms with Gasteiger partial charge in [0.25, 0.3) is 5.91 Å². The van der Waals surface area contributed by atoms with Crippen LogP contribution in [0.15, 0.2) is 72.0 Å². The minimum absolute atomic E-state index is 0.0889. The van der Waals surface area contributed by atoms with Gasteiger partial charge >= 0.3 is 0 Å². The van der Waals surface area contributed by atoms with Gasteiger partial charge in [0.1, 0.15) is 11.4 Å². The lowest BCUT2D eigenvalue weighted by Crippen LogP contribution is -2.17. The Morgan fingerprint density at radius 3 is 2.66 bits per heavy atom. The highest BCUT2D eigenvalue weighted by molar-refractivity contribution is 5.94. The lowest BCUT2D eigenvalue weighted by molar-refractivity contribution is 0.0955. The van der Waals surface area contributed by atoms with E-state index in [9.17, 15) is 4.79 Å². The van der Waals surface area contributed by atoms with E-state index in [-0.39, 0.29) is 12.0 Å². The summed E-state index contributed by atoms with van der Waals surface area (Å²) < 4.78 is 7.32. The zero-order valence-corrected chi connectivity index (χ0v) is 16.4. The zero-order chi connectivity index (χ0) is 20.5. The van der Waals surface area contributed by atoms with E-state index in [1.807, 2.05) is 50.4 Å². The number of amides is 1. The van der Waals surface area contributed by atoms with Gasteiger partial charge in [-0.1, -0.05) is 35.5 Å². The number of hydrogen-bond acceptors (Lipinski definition) is 5. The van der Waals surface area contributed by atoms with Crippen LogP contribution >= 0.6 is 0 Å². The maximum Gasteiger partial charge on any atom is 0.271 e. The van der Waals surface area contributed by atoms with Crippen LogP contribution in [0.2, 0.25) is 0 Å². The lowest BCUT2D eigenvalue weighted by Gasteiger charge is -2.09. The number of nitrogens with zero attached hydrogens (tertiary/aromatic N) is 4. The number of benzene rings is 2.